The van der Waals surface area contributed by atoms with Crippen molar-refractivity contribution in [1.82, 2.24) is 5.32 Å². The summed E-state index contributed by atoms with van der Waals surface area (Å²) in [5.41, 5.74) is 1.39. The Labute approximate surface area is 179 Å². The topological polar surface area (TPSA) is 84.9 Å². The van der Waals surface area contributed by atoms with Gasteiger partial charge < -0.3 is 14.8 Å². The number of para-hydroxylation sites is 1. The van der Waals surface area contributed by atoms with E-state index in [2.05, 4.69) is 5.32 Å². The van der Waals surface area contributed by atoms with Crippen molar-refractivity contribution in [3.05, 3.63) is 54.1 Å². The lowest BCUT2D eigenvalue weighted by Crippen LogP contribution is -2.45. The van der Waals surface area contributed by atoms with Crippen LogP contribution in [-0.2, 0) is 14.8 Å². The van der Waals surface area contributed by atoms with Crippen LogP contribution >= 0.6 is 0 Å². The number of hydrogen-bond acceptors (Lipinski definition) is 5. The van der Waals surface area contributed by atoms with E-state index in [0.29, 0.717) is 11.4 Å². The lowest BCUT2D eigenvalue weighted by Gasteiger charge is -2.26. The highest BCUT2D eigenvalue weighted by atomic mass is 32.2. The summed E-state index contributed by atoms with van der Waals surface area (Å²) in [5.74, 6) is 1.10. The largest absolute Gasteiger partial charge is 0.497 e. The van der Waals surface area contributed by atoms with Crippen molar-refractivity contribution in [3.8, 4) is 11.5 Å². The molecule has 2 aromatic carbocycles. The Morgan fingerprint density at radius 1 is 1.03 bits per heavy atom. The number of benzene rings is 2. The van der Waals surface area contributed by atoms with Crippen molar-refractivity contribution < 1.29 is 22.7 Å². The molecule has 0 bridgehead atoms. The molecule has 30 heavy (non-hydrogen) atoms. The molecule has 2 rings (SSSR count). The zero-order valence-corrected chi connectivity index (χ0v) is 18.9. The number of amides is 1. The number of nitrogens with zero attached hydrogens (tertiary/aromatic N) is 1. The van der Waals surface area contributed by atoms with Gasteiger partial charge in [0.15, 0.2) is 0 Å². The Bertz CT molecular complexity index is 942. The first kappa shape index (κ1) is 23.5. The van der Waals surface area contributed by atoms with E-state index < -0.39 is 15.9 Å². The Kier molecular flexibility index (Phi) is 8.11. The van der Waals surface area contributed by atoms with Crippen molar-refractivity contribution in [2.45, 2.75) is 32.7 Å². The molecule has 8 heteroatoms. The minimum absolute atomic E-state index is 0.116. The fraction of sp³-hybridized carbons (Fsp3) is 0.409. The van der Waals surface area contributed by atoms with Crippen LogP contribution in [0.15, 0.2) is 48.5 Å². The molecule has 0 aliphatic carbocycles. The molecule has 1 amide bonds. The summed E-state index contributed by atoms with van der Waals surface area (Å²) in [4.78, 5) is 12.6. The standard InChI is InChI=1S/C22H30N2O5S/c1-16(2)20-8-6-7-9-21(20)24(30(5,26)27)14-22(25)23-17(3)15-29-19-12-10-18(28-4)11-13-19/h6-13,16-17H,14-15H2,1-5H3,(H,23,25)/t17-/m1/s1. The van der Waals surface area contributed by atoms with Crippen LogP contribution in [0.4, 0.5) is 5.69 Å². The van der Waals surface area contributed by atoms with Gasteiger partial charge in [-0.25, -0.2) is 8.42 Å². The van der Waals surface area contributed by atoms with Crippen LogP contribution in [0.2, 0.25) is 0 Å². The van der Waals surface area contributed by atoms with Gasteiger partial charge in [0.2, 0.25) is 15.9 Å². The molecule has 0 spiro atoms. The van der Waals surface area contributed by atoms with E-state index in [4.69, 9.17) is 9.47 Å². The predicted molar refractivity (Wildman–Crippen MR) is 119 cm³/mol. The molecule has 1 N–H and O–H groups in total. The third kappa shape index (κ3) is 6.66. The molecule has 7 nitrogen and oxygen atoms in total. The highest BCUT2D eigenvalue weighted by molar-refractivity contribution is 7.92. The van der Waals surface area contributed by atoms with Crippen LogP contribution < -0.4 is 19.1 Å². The van der Waals surface area contributed by atoms with Gasteiger partial charge in [-0.3, -0.25) is 9.10 Å². The zero-order chi connectivity index (χ0) is 22.3. The summed E-state index contributed by atoms with van der Waals surface area (Å²) in [6.45, 7) is 5.72. The van der Waals surface area contributed by atoms with Crippen LogP contribution in [0.1, 0.15) is 32.3 Å². The number of rotatable bonds is 10. The van der Waals surface area contributed by atoms with Gasteiger partial charge in [-0.15, -0.1) is 0 Å². The minimum Gasteiger partial charge on any atom is -0.497 e. The monoisotopic (exact) mass is 434 g/mol. The van der Waals surface area contributed by atoms with Crippen molar-refractivity contribution >= 4 is 21.6 Å². The van der Waals surface area contributed by atoms with Gasteiger partial charge >= 0.3 is 0 Å². The van der Waals surface area contributed by atoms with Crippen LogP contribution in [0.5, 0.6) is 11.5 Å². The van der Waals surface area contributed by atoms with Crippen molar-refractivity contribution in [1.29, 1.82) is 0 Å². The highest BCUT2D eigenvalue weighted by Crippen LogP contribution is 2.28. The molecule has 0 radical (unpaired) electrons. The smallest absolute Gasteiger partial charge is 0.241 e. The molecule has 0 aliphatic rings. The van der Waals surface area contributed by atoms with Gasteiger partial charge in [0, 0.05) is 0 Å². The number of sulfonamides is 1. The van der Waals surface area contributed by atoms with Gasteiger partial charge in [0.05, 0.1) is 25.1 Å². The Hall–Kier alpha value is -2.74. The molecule has 0 saturated carbocycles. The second-order valence-corrected chi connectivity index (χ2v) is 9.35. The fourth-order valence-electron chi connectivity index (χ4n) is 2.97. The van der Waals surface area contributed by atoms with Crippen molar-refractivity contribution in [2.24, 2.45) is 0 Å². The molecule has 164 valence electrons. The van der Waals surface area contributed by atoms with E-state index in [1.807, 2.05) is 26.0 Å². The van der Waals surface area contributed by atoms with Gasteiger partial charge in [-0.1, -0.05) is 32.0 Å². The van der Waals surface area contributed by atoms with Crippen molar-refractivity contribution in [3.63, 3.8) is 0 Å². The molecule has 0 fully saturated rings. The van der Waals surface area contributed by atoms with Crippen LogP contribution in [-0.4, -0.2) is 46.9 Å². The third-order valence-electron chi connectivity index (χ3n) is 4.48. The van der Waals surface area contributed by atoms with Gasteiger partial charge in [-0.05, 0) is 48.7 Å². The van der Waals surface area contributed by atoms with E-state index in [1.54, 1.807) is 50.4 Å². The maximum atomic E-state index is 12.6. The average molecular weight is 435 g/mol. The molecule has 2 aromatic rings. The number of hydrogen-bond donors (Lipinski definition) is 1. The number of carbonyl (C=O) groups is 1. The van der Waals surface area contributed by atoms with Gasteiger partial charge in [0.25, 0.3) is 0 Å². The van der Waals surface area contributed by atoms with E-state index in [1.165, 1.54) is 0 Å². The van der Waals surface area contributed by atoms with Crippen LogP contribution in [0, 0.1) is 0 Å². The van der Waals surface area contributed by atoms with Crippen LogP contribution in [0.25, 0.3) is 0 Å². The second kappa shape index (κ2) is 10.3. The van der Waals surface area contributed by atoms with Gasteiger partial charge in [-0.2, -0.15) is 0 Å². The Morgan fingerprint density at radius 3 is 2.20 bits per heavy atom. The molecular weight excluding hydrogens is 404 g/mol. The number of methoxy groups -OCH3 is 1. The average Bonchev–Trinajstić information content (AvgIpc) is 2.70. The minimum atomic E-state index is -3.64. The number of ether oxygens (including phenoxy) is 2. The summed E-state index contributed by atoms with van der Waals surface area (Å²) in [7, 11) is -2.05. The van der Waals surface area contributed by atoms with E-state index in [-0.39, 0.29) is 25.1 Å². The first-order valence-electron chi connectivity index (χ1n) is 9.74. The lowest BCUT2D eigenvalue weighted by molar-refractivity contribution is -0.120. The highest BCUT2D eigenvalue weighted by Gasteiger charge is 2.24. The normalized spacial score (nSPS) is 12.3. The Balaban J connectivity index is 2.02. The van der Waals surface area contributed by atoms with Gasteiger partial charge in [0.1, 0.15) is 24.7 Å². The molecule has 0 aromatic heterocycles. The summed E-state index contributed by atoms with van der Waals surface area (Å²) in [6, 6.07) is 14.1. The summed E-state index contributed by atoms with van der Waals surface area (Å²) in [6.07, 6.45) is 1.10. The zero-order valence-electron chi connectivity index (χ0n) is 18.1. The molecule has 0 unspecified atom stereocenters. The molecular formula is C22H30N2O5S. The molecule has 1 atom stereocenters. The quantitative estimate of drug-likeness (QED) is 0.621. The number of anilines is 1. The fourth-order valence-corrected chi connectivity index (χ4v) is 3.85. The first-order valence-corrected chi connectivity index (χ1v) is 11.6. The summed E-state index contributed by atoms with van der Waals surface area (Å²) >= 11 is 0. The number of nitrogens with one attached hydrogen (secondary N) is 1. The molecule has 0 saturated heterocycles. The second-order valence-electron chi connectivity index (χ2n) is 7.44. The van der Waals surface area contributed by atoms with Crippen molar-refractivity contribution in [2.75, 3.05) is 30.8 Å². The number of carbonyl (C=O) groups excluding carboxylic acids is 1. The molecule has 0 heterocycles. The summed E-state index contributed by atoms with van der Waals surface area (Å²) in [5, 5.41) is 2.80. The summed E-state index contributed by atoms with van der Waals surface area (Å²) < 4.78 is 36.7. The lowest BCUT2D eigenvalue weighted by atomic mass is 10.0. The SMILES string of the molecule is COc1ccc(OC[C@@H](C)NC(=O)CN(c2ccccc2C(C)C)S(C)(=O)=O)cc1. The third-order valence-corrected chi connectivity index (χ3v) is 5.61. The van der Waals surface area contributed by atoms with E-state index >= 15 is 0 Å². The molecule has 0 aliphatic heterocycles. The predicted octanol–water partition coefficient (Wildman–Crippen LogP) is 3.17. The van der Waals surface area contributed by atoms with E-state index in [9.17, 15) is 13.2 Å². The first-order chi connectivity index (χ1) is 14.1. The maximum absolute atomic E-state index is 12.6. The van der Waals surface area contributed by atoms with Crippen LogP contribution in [0.3, 0.4) is 0 Å². The van der Waals surface area contributed by atoms with E-state index in [0.717, 1.165) is 21.9 Å². The Morgan fingerprint density at radius 2 is 1.63 bits per heavy atom. The maximum Gasteiger partial charge on any atom is 0.241 e.